The standard InChI is InChI=1S/C29H37N7O2SSi/c1-29(2)18-38-24-17-21(11-13-30-24)23-10-9-20-7-6-8-22(20)26(23)31-27-32-28(39-25-12-14-36(29)33-25)34-35(27)19-37-15-16-40(3,4)5/h9-14,17H,6-8,15-16,18-19H2,1-5H3,(H,31,32,34). The van der Waals surface area contributed by atoms with E-state index in [0.717, 1.165) is 47.1 Å². The zero-order valence-corrected chi connectivity index (χ0v) is 25.7. The zero-order valence-electron chi connectivity index (χ0n) is 23.9. The summed E-state index contributed by atoms with van der Waals surface area (Å²) in [5.74, 6) is 1.25. The van der Waals surface area contributed by atoms with Gasteiger partial charge in [-0.05, 0) is 79.7 Å². The fourth-order valence-electron chi connectivity index (χ4n) is 5.00. The SMILES string of the molecule is CC1(C)COc2cc(ccn2)-c2ccc3c(c2Nc2nc(nn2COCC[Si](C)(C)C)Sc2ccn1n2)CCC3. The molecule has 40 heavy (non-hydrogen) atoms. The molecule has 0 radical (unpaired) electrons. The second-order valence-electron chi connectivity index (χ2n) is 12.4. The van der Waals surface area contributed by atoms with Gasteiger partial charge in [-0.3, -0.25) is 4.68 Å². The molecule has 1 N–H and O–H groups in total. The predicted molar refractivity (Wildman–Crippen MR) is 160 cm³/mol. The third kappa shape index (κ3) is 5.82. The van der Waals surface area contributed by atoms with E-state index >= 15 is 0 Å². The van der Waals surface area contributed by atoms with Crippen molar-refractivity contribution in [3.63, 3.8) is 0 Å². The van der Waals surface area contributed by atoms with Crippen molar-refractivity contribution in [3.8, 4) is 17.0 Å². The van der Waals surface area contributed by atoms with Crippen LogP contribution in [0.5, 0.6) is 5.88 Å². The highest BCUT2D eigenvalue weighted by Crippen LogP contribution is 2.40. The van der Waals surface area contributed by atoms with Crippen LogP contribution in [0.15, 0.2) is 52.9 Å². The van der Waals surface area contributed by atoms with Crippen LogP contribution in [0.25, 0.3) is 11.1 Å². The lowest BCUT2D eigenvalue weighted by Crippen LogP contribution is -2.34. The quantitative estimate of drug-likeness (QED) is 0.217. The molecule has 6 rings (SSSR count). The minimum atomic E-state index is -1.20. The Morgan fingerprint density at radius 3 is 2.85 bits per heavy atom. The van der Waals surface area contributed by atoms with Crippen molar-refractivity contribution in [3.05, 3.63) is 53.9 Å². The van der Waals surface area contributed by atoms with E-state index in [-0.39, 0.29) is 5.54 Å². The fraction of sp³-hybridized carbons (Fsp3) is 0.448. The van der Waals surface area contributed by atoms with E-state index in [2.05, 4.69) is 55.9 Å². The van der Waals surface area contributed by atoms with Crippen LogP contribution >= 0.6 is 11.8 Å². The summed E-state index contributed by atoms with van der Waals surface area (Å²) in [6.07, 6.45) is 7.04. The molecule has 0 atom stereocenters. The number of nitrogens with one attached hydrogen (secondary N) is 1. The molecule has 2 aliphatic rings. The van der Waals surface area contributed by atoms with E-state index in [9.17, 15) is 0 Å². The van der Waals surface area contributed by atoms with Gasteiger partial charge in [0.25, 0.3) is 0 Å². The van der Waals surface area contributed by atoms with E-state index in [1.165, 1.54) is 22.9 Å². The molecule has 0 spiro atoms. The number of ether oxygens (including phenoxy) is 2. The molecule has 1 aromatic carbocycles. The summed E-state index contributed by atoms with van der Waals surface area (Å²) in [7, 11) is -1.20. The van der Waals surface area contributed by atoms with E-state index in [1.807, 2.05) is 40.0 Å². The molecule has 1 aliphatic carbocycles. The van der Waals surface area contributed by atoms with Crippen LogP contribution in [0.2, 0.25) is 25.7 Å². The van der Waals surface area contributed by atoms with Crippen molar-refractivity contribution in [1.82, 2.24) is 29.5 Å². The normalized spacial score (nSPS) is 16.1. The van der Waals surface area contributed by atoms with Crippen LogP contribution in [0.4, 0.5) is 11.6 Å². The Morgan fingerprint density at radius 2 is 2.00 bits per heavy atom. The minimum Gasteiger partial charge on any atom is -0.475 e. The van der Waals surface area contributed by atoms with Gasteiger partial charge in [0.15, 0.2) is 0 Å². The van der Waals surface area contributed by atoms with Gasteiger partial charge >= 0.3 is 0 Å². The van der Waals surface area contributed by atoms with E-state index in [0.29, 0.717) is 36.9 Å². The second kappa shape index (κ2) is 10.7. The molecule has 4 heterocycles. The van der Waals surface area contributed by atoms with Gasteiger partial charge in [-0.2, -0.15) is 10.1 Å². The first-order chi connectivity index (χ1) is 19.1. The molecule has 1 aliphatic heterocycles. The maximum atomic E-state index is 6.22. The number of aromatic nitrogens is 6. The third-order valence-corrected chi connectivity index (χ3v) is 9.87. The van der Waals surface area contributed by atoms with Gasteiger partial charge in [-0.1, -0.05) is 31.8 Å². The molecule has 6 bridgehead atoms. The van der Waals surface area contributed by atoms with Crippen LogP contribution < -0.4 is 10.1 Å². The average molecular weight is 576 g/mol. The Hall–Kier alpha value is -3.15. The van der Waals surface area contributed by atoms with Gasteiger partial charge in [0, 0.05) is 38.7 Å². The lowest BCUT2D eigenvalue weighted by atomic mass is 9.98. The maximum Gasteiger partial charge on any atom is 0.228 e. The maximum absolute atomic E-state index is 6.22. The third-order valence-electron chi connectivity index (χ3n) is 7.38. The molecule has 0 amide bonds. The van der Waals surface area contributed by atoms with Crippen LogP contribution in [0, 0.1) is 0 Å². The Balaban J connectivity index is 1.43. The summed E-state index contributed by atoms with van der Waals surface area (Å²) in [4.78, 5) is 9.45. The molecular weight excluding hydrogens is 539 g/mol. The van der Waals surface area contributed by atoms with Crippen LogP contribution in [0.3, 0.4) is 0 Å². The molecule has 0 fully saturated rings. The summed E-state index contributed by atoms with van der Waals surface area (Å²) < 4.78 is 16.1. The van der Waals surface area contributed by atoms with Gasteiger partial charge in [-0.15, -0.1) is 5.10 Å². The van der Waals surface area contributed by atoms with Crippen LogP contribution in [-0.2, 0) is 29.8 Å². The topological polar surface area (TPSA) is 91.9 Å². The van der Waals surface area contributed by atoms with Crippen LogP contribution in [0.1, 0.15) is 31.4 Å². The first-order valence-electron chi connectivity index (χ1n) is 13.9. The molecular formula is C29H37N7O2SSi. The van der Waals surface area contributed by atoms with Crippen LogP contribution in [-0.4, -0.2) is 50.8 Å². The Morgan fingerprint density at radius 1 is 1.12 bits per heavy atom. The van der Waals surface area contributed by atoms with Gasteiger partial charge in [0.05, 0.1) is 11.2 Å². The lowest BCUT2D eigenvalue weighted by molar-refractivity contribution is 0.0792. The zero-order chi connectivity index (χ0) is 27.9. The number of nitrogens with zero attached hydrogens (tertiary/aromatic N) is 6. The van der Waals surface area contributed by atoms with Crippen molar-refractivity contribution in [1.29, 1.82) is 0 Å². The molecule has 0 saturated heterocycles. The predicted octanol–water partition coefficient (Wildman–Crippen LogP) is 6.36. The monoisotopic (exact) mass is 575 g/mol. The number of hydrogen-bond acceptors (Lipinski definition) is 8. The van der Waals surface area contributed by atoms with Crippen molar-refractivity contribution < 1.29 is 9.47 Å². The molecule has 9 nitrogen and oxygen atoms in total. The summed E-state index contributed by atoms with van der Waals surface area (Å²) >= 11 is 1.45. The molecule has 3 aromatic heterocycles. The summed E-state index contributed by atoms with van der Waals surface area (Å²) in [5, 5.41) is 14.8. The van der Waals surface area contributed by atoms with E-state index < -0.39 is 8.07 Å². The highest BCUT2D eigenvalue weighted by atomic mass is 32.2. The summed E-state index contributed by atoms with van der Waals surface area (Å²) in [6, 6.07) is 11.6. The smallest absolute Gasteiger partial charge is 0.228 e. The van der Waals surface area contributed by atoms with Crippen molar-refractivity contribution in [2.75, 3.05) is 18.5 Å². The number of pyridine rings is 1. The number of anilines is 2. The van der Waals surface area contributed by atoms with Crippen molar-refractivity contribution in [2.45, 2.75) is 81.2 Å². The van der Waals surface area contributed by atoms with Crippen molar-refractivity contribution >= 4 is 31.5 Å². The summed E-state index contributed by atoms with van der Waals surface area (Å²) in [5.41, 5.74) is 5.54. The lowest BCUT2D eigenvalue weighted by Gasteiger charge is -2.25. The average Bonchev–Trinajstić information content (AvgIpc) is 3.66. The van der Waals surface area contributed by atoms with E-state index in [1.54, 1.807) is 0 Å². The highest BCUT2D eigenvalue weighted by molar-refractivity contribution is 7.99. The first kappa shape index (κ1) is 27.0. The molecule has 4 aromatic rings. The van der Waals surface area contributed by atoms with Gasteiger partial charge in [0.1, 0.15) is 18.4 Å². The molecule has 210 valence electrons. The highest BCUT2D eigenvalue weighted by Gasteiger charge is 2.26. The second-order valence-corrected chi connectivity index (χ2v) is 19.0. The van der Waals surface area contributed by atoms with Gasteiger partial charge < -0.3 is 14.8 Å². The molecule has 11 heteroatoms. The fourth-order valence-corrected chi connectivity index (χ4v) is 6.48. The van der Waals surface area contributed by atoms with Crippen molar-refractivity contribution in [2.24, 2.45) is 0 Å². The Kier molecular flexibility index (Phi) is 7.22. The minimum absolute atomic E-state index is 0.333. The number of rotatable bonds is 5. The molecule has 0 unspecified atom stereocenters. The Labute approximate surface area is 240 Å². The number of aryl methyl sites for hydroxylation is 1. The largest absolute Gasteiger partial charge is 0.475 e. The number of fused-ring (bicyclic) bond motifs is 10. The summed E-state index contributed by atoms with van der Waals surface area (Å²) in [6.45, 7) is 12.8. The Bertz CT molecular complexity index is 1530. The first-order valence-corrected chi connectivity index (χ1v) is 18.4. The molecule has 0 saturated carbocycles. The van der Waals surface area contributed by atoms with E-state index in [4.69, 9.17) is 24.7 Å². The number of hydrogen-bond donors (Lipinski definition) is 1. The number of benzene rings is 1. The van der Waals surface area contributed by atoms with Gasteiger partial charge in [0.2, 0.25) is 17.0 Å². The van der Waals surface area contributed by atoms with Gasteiger partial charge in [-0.25, -0.2) is 9.67 Å².